The third-order valence-corrected chi connectivity index (χ3v) is 2.90. The van der Waals surface area contributed by atoms with Crippen LogP contribution in [0.25, 0.3) is 21.9 Å². The molecule has 1 aromatic heterocycles. The Kier molecular flexibility index (Phi) is 2.38. The summed E-state index contributed by atoms with van der Waals surface area (Å²) < 4.78 is 5.07. The number of carboxylic acids is 1. The minimum atomic E-state index is -1.04. The predicted molar refractivity (Wildman–Crippen MR) is 68.6 cm³/mol. The lowest BCUT2D eigenvalue weighted by Gasteiger charge is -2.01. The minimum Gasteiger partial charge on any atom is -0.475 e. The van der Waals surface area contributed by atoms with Crippen LogP contribution in [0.3, 0.4) is 0 Å². The Labute approximate surface area is 103 Å². The fraction of sp³-hybridized carbons (Fsp3) is 0. The largest absolute Gasteiger partial charge is 0.475 e. The van der Waals surface area contributed by atoms with E-state index in [4.69, 9.17) is 9.52 Å². The molecule has 3 heteroatoms. The monoisotopic (exact) mass is 238 g/mol. The zero-order chi connectivity index (χ0) is 12.5. The topological polar surface area (TPSA) is 50.4 Å². The van der Waals surface area contributed by atoms with E-state index in [1.807, 2.05) is 42.5 Å². The Morgan fingerprint density at radius 1 is 1.00 bits per heavy atom. The molecule has 0 aliphatic rings. The highest BCUT2D eigenvalue weighted by molar-refractivity contribution is 6.02. The summed E-state index contributed by atoms with van der Waals surface area (Å²) in [6, 6.07) is 15.5. The molecule has 0 unspecified atom stereocenters. The summed E-state index contributed by atoms with van der Waals surface area (Å²) in [5, 5.41) is 10.4. The molecule has 18 heavy (non-hydrogen) atoms. The molecule has 0 atom stereocenters. The van der Waals surface area contributed by atoms with Crippen LogP contribution in [0.1, 0.15) is 10.6 Å². The second-order valence-electron chi connectivity index (χ2n) is 4.04. The Balaban J connectivity index is 2.16. The molecule has 0 aliphatic carbocycles. The number of hydrogen-bond donors (Lipinski definition) is 1. The summed E-state index contributed by atoms with van der Waals surface area (Å²) in [4.78, 5) is 10.9. The van der Waals surface area contributed by atoms with E-state index in [0.717, 1.165) is 16.5 Å². The van der Waals surface area contributed by atoms with Crippen molar-refractivity contribution in [3.63, 3.8) is 0 Å². The molecular weight excluding hydrogens is 228 g/mol. The highest BCUT2D eigenvalue weighted by Gasteiger charge is 2.13. The van der Waals surface area contributed by atoms with Crippen molar-refractivity contribution in [2.75, 3.05) is 0 Å². The van der Waals surface area contributed by atoms with Gasteiger partial charge in [-0.05, 0) is 23.3 Å². The van der Waals surface area contributed by atoms with Gasteiger partial charge < -0.3 is 9.52 Å². The third-order valence-electron chi connectivity index (χ3n) is 2.90. The predicted octanol–water partition coefficient (Wildman–Crippen LogP) is 3.80. The number of carbonyl (C=O) groups is 1. The van der Waals surface area contributed by atoms with Crippen LogP contribution >= 0.6 is 0 Å². The van der Waals surface area contributed by atoms with Crippen LogP contribution in [0.5, 0.6) is 0 Å². The molecule has 1 heterocycles. The van der Waals surface area contributed by atoms with Gasteiger partial charge in [-0.1, -0.05) is 36.4 Å². The molecule has 0 spiro atoms. The van der Waals surface area contributed by atoms with Crippen LogP contribution in [0.15, 0.2) is 59.2 Å². The van der Waals surface area contributed by atoms with Gasteiger partial charge in [-0.25, -0.2) is 4.79 Å². The Hall–Kier alpha value is -2.55. The van der Waals surface area contributed by atoms with Crippen molar-refractivity contribution >= 4 is 16.7 Å². The zero-order valence-electron chi connectivity index (χ0n) is 9.46. The van der Waals surface area contributed by atoms with Gasteiger partial charge in [-0.2, -0.15) is 0 Å². The van der Waals surface area contributed by atoms with E-state index in [1.54, 1.807) is 6.07 Å². The van der Waals surface area contributed by atoms with Gasteiger partial charge in [0.05, 0.1) is 6.26 Å². The summed E-state index contributed by atoms with van der Waals surface area (Å²) in [5.41, 5.74) is 2.14. The number of rotatable bonds is 2. The van der Waals surface area contributed by atoms with Crippen LogP contribution in [-0.4, -0.2) is 11.1 Å². The van der Waals surface area contributed by atoms with E-state index in [2.05, 4.69) is 0 Å². The van der Waals surface area contributed by atoms with Crippen molar-refractivity contribution in [2.45, 2.75) is 0 Å². The molecule has 2 aromatic carbocycles. The fourth-order valence-corrected chi connectivity index (χ4v) is 2.03. The van der Waals surface area contributed by atoms with Crippen molar-refractivity contribution in [1.82, 2.24) is 0 Å². The van der Waals surface area contributed by atoms with E-state index < -0.39 is 5.97 Å². The Morgan fingerprint density at radius 2 is 1.78 bits per heavy atom. The van der Waals surface area contributed by atoms with Crippen molar-refractivity contribution in [3.8, 4) is 11.1 Å². The second kappa shape index (κ2) is 4.04. The van der Waals surface area contributed by atoms with Gasteiger partial charge in [0.1, 0.15) is 0 Å². The molecule has 0 bridgehead atoms. The maximum Gasteiger partial charge on any atom is 0.372 e. The SMILES string of the molecule is O=C(O)c1occ2cc(-c3ccccc3)ccc12. The standard InChI is InChI=1S/C15H10O3/c16-15(17)14-13-7-6-11(8-12(13)9-18-14)10-4-2-1-3-5-10/h1-9H,(H,16,17). The molecule has 0 amide bonds. The second-order valence-corrected chi connectivity index (χ2v) is 4.04. The van der Waals surface area contributed by atoms with Crippen molar-refractivity contribution < 1.29 is 14.3 Å². The van der Waals surface area contributed by atoms with Crippen LogP contribution < -0.4 is 0 Å². The Morgan fingerprint density at radius 3 is 2.50 bits per heavy atom. The van der Waals surface area contributed by atoms with E-state index in [-0.39, 0.29) is 5.76 Å². The lowest BCUT2D eigenvalue weighted by atomic mass is 10.0. The molecule has 3 nitrogen and oxygen atoms in total. The zero-order valence-corrected chi connectivity index (χ0v) is 9.46. The van der Waals surface area contributed by atoms with Gasteiger partial charge >= 0.3 is 5.97 Å². The third kappa shape index (κ3) is 1.66. The maximum atomic E-state index is 10.9. The van der Waals surface area contributed by atoms with E-state index in [1.165, 1.54) is 6.26 Å². The normalized spacial score (nSPS) is 10.7. The van der Waals surface area contributed by atoms with Gasteiger partial charge in [0, 0.05) is 10.8 Å². The van der Waals surface area contributed by atoms with Crippen molar-refractivity contribution in [3.05, 3.63) is 60.6 Å². The van der Waals surface area contributed by atoms with E-state index in [0.29, 0.717) is 5.39 Å². The van der Waals surface area contributed by atoms with Crippen LogP contribution in [0.2, 0.25) is 0 Å². The highest BCUT2D eigenvalue weighted by atomic mass is 16.4. The summed E-state index contributed by atoms with van der Waals surface area (Å²) in [5.74, 6) is -1.05. The average Bonchev–Trinajstić information content (AvgIpc) is 2.82. The number of hydrogen-bond acceptors (Lipinski definition) is 2. The Bertz CT molecular complexity index is 711. The average molecular weight is 238 g/mol. The summed E-state index contributed by atoms with van der Waals surface area (Å²) in [6.45, 7) is 0. The first-order valence-electron chi connectivity index (χ1n) is 5.55. The van der Waals surface area contributed by atoms with Crippen molar-refractivity contribution in [2.24, 2.45) is 0 Å². The maximum absolute atomic E-state index is 10.9. The van der Waals surface area contributed by atoms with Gasteiger partial charge in [0.25, 0.3) is 0 Å². The van der Waals surface area contributed by atoms with Crippen LogP contribution in [0, 0.1) is 0 Å². The summed E-state index contributed by atoms with van der Waals surface area (Å²) >= 11 is 0. The molecule has 0 aliphatic heterocycles. The lowest BCUT2D eigenvalue weighted by molar-refractivity contribution is 0.0665. The first-order chi connectivity index (χ1) is 8.75. The summed E-state index contributed by atoms with van der Waals surface area (Å²) in [7, 11) is 0. The molecule has 0 saturated carbocycles. The number of benzene rings is 2. The molecule has 0 radical (unpaired) electrons. The number of fused-ring (bicyclic) bond motifs is 1. The molecule has 1 N–H and O–H groups in total. The smallest absolute Gasteiger partial charge is 0.372 e. The first kappa shape index (κ1) is 10.6. The van der Waals surface area contributed by atoms with Crippen LogP contribution in [-0.2, 0) is 0 Å². The molecule has 88 valence electrons. The van der Waals surface area contributed by atoms with E-state index >= 15 is 0 Å². The summed E-state index contributed by atoms with van der Waals surface area (Å²) in [6.07, 6.45) is 1.48. The van der Waals surface area contributed by atoms with E-state index in [9.17, 15) is 4.79 Å². The van der Waals surface area contributed by atoms with Gasteiger partial charge in [-0.3, -0.25) is 0 Å². The number of aromatic carboxylic acids is 1. The van der Waals surface area contributed by atoms with Crippen LogP contribution in [0.4, 0.5) is 0 Å². The van der Waals surface area contributed by atoms with Gasteiger partial charge in [0.15, 0.2) is 0 Å². The molecular formula is C15H10O3. The fourth-order valence-electron chi connectivity index (χ4n) is 2.03. The minimum absolute atomic E-state index is 0.00962. The van der Waals surface area contributed by atoms with Gasteiger partial charge in [0.2, 0.25) is 5.76 Å². The first-order valence-corrected chi connectivity index (χ1v) is 5.55. The van der Waals surface area contributed by atoms with Gasteiger partial charge in [-0.15, -0.1) is 0 Å². The number of furan rings is 1. The molecule has 0 fully saturated rings. The lowest BCUT2D eigenvalue weighted by Crippen LogP contribution is -1.93. The molecule has 3 aromatic rings. The molecule has 0 saturated heterocycles. The highest BCUT2D eigenvalue weighted by Crippen LogP contribution is 2.27. The number of carboxylic acid groups (broad SMARTS) is 1. The molecule has 3 rings (SSSR count). The quantitative estimate of drug-likeness (QED) is 0.738. The van der Waals surface area contributed by atoms with Crippen molar-refractivity contribution in [1.29, 1.82) is 0 Å².